The van der Waals surface area contributed by atoms with Crippen LogP contribution in [-0.4, -0.2) is 10.7 Å². The Hall–Kier alpha value is -0.300. The van der Waals surface area contributed by atoms with Crippen LogP contribution >= 0.6 is 0 Å². The molecule has 0 aromatic heterocycles. The van der Waals surface area contributed by atoms with Crippen LogP contribution in [0.15, 0.2) is 11.6 Å². The maximum absolute atomic E-state index is 10.6. The summed E-state index contributed by atoms with van der Waals surface area (Å²) in [6.45, 7) is 8.96. The van der Waals surface area contributed by atoms with Crippen LogP contribution in [0.2, 0.25) is 0 Å². The molecular weight excluding hydrogens is 196 g/mol. The number of rotatable bonds is 1. The summed E-state index contributed by atoms with van der Waals surface area (Å²) in [5.74, 6) is 2.67. The number of hydrogen-bond donors (Lipinski definition) is 1. The molecule has 1 heteroatoms. The van der Waals surface area contributed by atoms with E-state index in [-0.39, 0.29) is 0 Å². The number of allylic oxidation sites excluding steroid dienone is 2. The van der Waals surface area contributed by atoms with Gasteiger partial charge in [0, 0.05) is 0 Å². The Bertz CT molecular complexity index is 288. The molecule has 1 N–H and O–H groups in total. The molecule has 0 unspecified atom stereocenters. The highest BCUT2D eigenvalue weighted by atomic mass is 16.3. The fourth-order valence-electron chi connectivity index (χ4n) is 3.70. The molecule has 0 aromatic carbocycles. The van der Waals surface area contributed by atoms with Crippen LogP contribution in [0.25, 0.3) is 0 Å². The van der Waals surface area contributed by atoms with Gasteiger partial charge in [-0.1, -0.05) is 25.5 Å². The maximum Gasteiger partial charge on any atom is 0.0656 e. The number of fused-ring (bicyclic) bond motifs is 1. The minimum absolute atomic E-state index is 0.442. The summed E-state index contributed by atoms with van der Waals surface area (Å²) in [6.07, 6.45) is 6.92. The van der Waals surface area contributed by atoms with Crippen molar-refractivity contribution in [3.05, 3.63) is 11.6 Å². The first-order valence-corrected chi connectivity index (χ1v) is 6.81. The van der Waals surface area contributed by atoms with Crippen LogP contribution in [0, 0.1) is 23.7 Å². The Labute approximate surface area is 99.9 Å². The molecule has 92 valence electrons. The summed E-state index contributed by atoms with van der Waals surface area (Å²) in [4.78, 5) is 0. The van der Waals surface area contributed by atoms with E-state index in [0.29, 0.717) is 11.8 Å². The van der Waals surface area contributed by atoms with Gasteiger partial charge in [0.15, 0.2) is 0 Å². The molecule has 2 rings (SSSR count). The molecule has 0 spiro atoms. The Morgan fingerprint density at radius 1 is 1.44 bits per heavy atom. The third-order valence-corrected chi connectivity index (χ3v) is 5.08. The van der Waals surface area contributed by atoms with Crippen molar-refractivity contribution >= 4 is 0 Å². The van der Waals surface area contributed by atoms with E-state index in [1.54, 1.807) is 0 Å². The summed E-state index contributed by atoms with van der Waals surface area (Å²) >= 11 is 0. The molecule has 0 saturated heterocycles. The van der Waals surface area contributed by atoms with Crippen molar-refractivity contribution in [3.63, 3.8) is 0 Å². The second-order valence-corrected chi connectivity index (χ2v) is 6.53. The van der Waals surface area contributed by atoms with E-state index in [4.69, 9.17) is 0 Å². The quantitative estimate of drug-likeness (QED) is 0.669. The summed E-state index contributed by atoms with van der Waals surface area (Å²) in [6, 6.07) is 0. The van der Waals surface area contributed by atoms with E-state index in [1.165, 1.54) is 18.4 Å². The molecule has 2 aliphatic carbocycles. The van der Waals surface area contributed by atoms with Crippen molar-refractivity contribution in [2.24, 2.45) is 23.7 Å². The van der Waals surface area contributed by atoms with Crippen molar-refractivity contribution < 1.29 is 5.11 Å². The first-order valence-electron chi connectivity index (χ1n) is 6.81. The van der Waals surface area contributed by atoms with Crippen LogP contribution in [0.4, 0.5) is 0 Å². The minimum Gasteiger partial charge on any atom is -0.390 e. The molecule has 0 bridgehead atoms. The van der Waals surface area contributed by atoms with Gasteiger partial charge in [-0.3, -0.25) is 0 Å². The van der Waals surface area contributed by atoms with Crippen LogP contribution < -0.4 is 0 Å². The van der Waals surface area contributed by atoms with Crippen LogP contribution in [0.5, 0.6) is 0 Å². The standard InChI is InChI=1S/C15H26O/c1-10(2)12-7-8-15(4,16)14-6-5-11(3)13(14)9-12/h5,10,12-14,16H,6-9H2,1-4H3/t12-,13-,14-,15+/m0/s1. The molecule has 2 aliphatic rings. The summed E-state index contributed by atoms with van der Waals surface area (Å²) in [7, 11) is 0. The van der Waals surface area contributed by atoms with Crippen molar-refractivity contribution in [2.45, 2.75) is 59.0 Å². The van der Waals surface area contributed by atoms with Gasteiger partial charge in [-0.15, -0.1) is 0 Å². The average Bonchev–Trinajstić information content (AvgIpc) is 2.47. The lowest BCUT2D eigenvalue weighted by atomic mass is 9.77. The van der Waals surface area contributed by atoms with Crippen molar-refractivity contribution in [1.29, 1.82) is 0 Å². The van der Waals surface area contributed by atoms with Crippen LogP contribution in [-0.2, 0) is 0 Å². The minimum atomic E-state index is -0.442. The van der Waals surface area contributed by atoms with Gasteiger partial charge in [-0.05, 0) is 63.2 Å². The van der Waals surface area contributed by atoms with E-state index in [0.717, 1.165) is 24.7 Å². The monoisotopic (exact) mass is 222 g/mol. The topological polar surface area (TPSA) is 20.2 Å². The third kappa shape index (κ3) is 2.07. The first-order chi connectivity index (χ1) is 7.42. The van der Waals surface area contributed by atoms with Crippen molar-refractivity contribution in [1.82, 2.24) is 0 Å². The van der Waals surface area contributed by atoms with Gasteiger partial charge in [0.25, 0.3) is 0 Å². The lowest BCUT2D eigenvalue weighted by Crippen LogP contribution is -2.35. The highest BCUT2D eigenvalue weighted by Gasteiger charge is 2.44. The van der Waals surface area contributed by atoms with Gasteiger partial charge in [0.05, 0.1) is 5.60 Å². The Morgan fingerprint density at radius 2 is 2.12 bits per heavy atom. The third-order valence-electron chi connectivity index (χ3n) is 5.08. The van der Waals surface area contributed by atoms with Gasteiger partial charge >= 0.3 is 0 Å². The predicted molar refractivity (Wildman–Crippen MR) is 68.2 cm³/mol. The molecule has 1 fully saturated rings. The fourth-order valence-corrected chi connectivity index (χ4v) is 3.70. The zero-order valence-electron chi connectivity index (χ0n) is 11.2. The van der Waals surface area contributed by atoms with E-state index in [2.05, 4.69) is 33.8 Å². The molecule has 4 atom stereocenters. The van der Waals surface area contributed by atoms with Crippen LogP contribution in [0.3, 0.4) is 0 Å². The van der Waals surface area contributed by atoms with E-state index in [1.807, 2.05) is 0 Å². The van der Waals surface area contributed by atoms with Gasteiger partial charge in [0.2, 0.25) is 0 Å². The molecular formula is C15H26O. The molecule has 0 aliphatic heterocycles. The SMILES string of the molecule is CC1=CC[C@H]2[C@H]1C[C@@H](C(C)C)CC[C@@]2(C)O. The summed E-state index contributed by atoms with van der Waals surface area (Å²) in [5, 5.41) is 10.6. The van der Waals surface area contributed by atoms with Crippen LogP contribution in [0.1, 0.15) is 53.4 Å². The summed E-state index contributed by atoms with van der Waals surface area (Å²) in [5.41, 5.74) is 1.08. The van der Waals surface area contributed by atoms with Crippen molar-refractivity contribution in [3.8, 4) is 0 Å². The average molecular weight is 222 g/mol. The second-order valence-electron chi connectivity index (χ2n) is 6.53. The smallest absolute Gasteiger partial charge is 0.0656 e. The van der Waals surface area contributed by atoms with Crippen molar-refractivity contribution in [2.75, 3.05) is 0 Å². The molecule has 0 aromatic rings. The Morgan fingerprint density at radius 3 is 2.75 bits per heavy atom. The van der Waals surface area contributed by atoms with Gasteiger partial charge < -0.3 is 5.11 Å². The maximum atomic E-state index is 10.6. The molecule has 0 heterocycles. The second kappa shape index (κ2) is 4.18. The zero-order chi connectivity index (χ0) is 11.9. The number of hydrogen-bond acceptors (Lipinski definition) is 1. The lowest BCUT2D eigenvalue weighted by molar-refractivity contribution is -0.0154. The lowest BCUT2D eigenvalue weighted by Gasteiger charge is -2.32. The van der Waals surface area contributed by atoms with Gasteiger partial charge in [-0.25, -0.2) is 0 Å². The van der Waals surface area contributed by atoms with Gasteiger partial charge in [0.1, 0.15) is 0 Å². The molecule has 0 amide bonds. The Balaban J connectivity index is 2.21. The Kier molecular flexibility index (Phi) is 3.18. The van der Waals surface area contributed by atoms with Gasteiger partial charge in [-0.2, -0.15) is 0 Å². The number of aliphatic hydroxyl groups is 1. The highest BCUT2D eigenvalue weighted by molar-refractivity contribution is 5.17. The molecule has 0 radical (unpaired) electrons. The fraction of sp³-hybridized carbons (Fsp3) is 0.867. The van der Waals surface area contributed by atoms with E-state index >= 15 is 0 Å². The normalized spacial score (nSPS) is 44.1. The summed E-state index contributed by atoms with van der Waals surface area (Å²) < 4.78 is 0. The molecule has 1 nitrogen and oxygen atoms in total. The largest absolute Gasteiger partial charge is 0.390 e. The predicted octanol–water partition coefficient (Wildman–Crippen LogP) is 3.78. The van der Waals surface area contributed by atoms with E-state index < -0.39 is 5.60 Å². The molecule has 16 heavy (non-hydrogen) atoms. The zero-order valence-corrected chi connectivity index (χ0v) is 11.2. The highest BCUT2D eigenvalue weighted by Crippen LogP contribution is 2.48. The van der Waals surface area contributed by atoms with E-state index in [9.17, 15) is 5.11 Å². The first kappa shape index (κ1) is 12.2. The molecule has 1 saturated carbocycles.